The first-order chi connectivity index (χ1) is 12.1. The summed E-state index contributed by atoms with van der Waals surface area (Å²) < 4.78 is 0.942. The SMILES string of the molecule is CC(NC(=O)CSc1n[nH]c(-c2ccccc2Br)n1)c1ccccc1. The molecule has 0 bridgehead atoms. The largest absolute Gasteiger partial charge is 0.349 e. The Morgan fingerprint density at radius 3 is 2.68 bits per heavy atom. The Hall–Kier alpha value is -2.12. The Balaban J connectivity index is 1.55. The maximum atomic E-state index is 12.1. The number of amides is 1. The van der Waals surface area contributed by atoms with Gasteiger partial charge in [0.2, 0.25) is 11.1 Å². The molecule has 3 aromatic rings. The molecule has 1 heterocycles. The molecule has 0 radical (unpaired) electrons. The summed E-state index contributed by atoms with van der Waals surface area (Å²) in [5.74, 6) is 0.895. The van der Waals surface area contributed by atoms with Crippen LogP contribution in [-0.2, 0) is 4.79 Å². The molecular formula is C18H17BrN4OS. The third-order valence-corrected chi connectivity index (χ3v) is 5.14. The standard InChI is InChI=1S/C18H17BrN4OS/c1-12(13-7-3-2-4-8-13)20-16(24)11-25-18-21-17(22-23-18)14-9-5-6-10-15(14)19/h2-10,12H,11H2,1H3,(H,20,24)(H,21,22,23). The van der Waals surface area contributed by atoms with Gasteiger partial charge in [-0.05, 0) is 18.6 Å². The predicted molar refractivity (Wildman–Crippen MR) is 103 cm³/mol. The molecule has 0 saturated carbocycles. The molecule has 5 nitrogen and oxygen atoms in total. The smallest absolute Gasteiger partial charge is 0.230 e. The average Bonchev–Trinajstić information content (AvgIpc) is 3.10. The van der Waals surface area contributed by atoms with E-state index in [1.54, 1.807) is 0 Å². The van der Waals surface area contributed by atoms with Gasteiger partial charge in [-0.15, -0.1) is 5.10 Å². The summed E-state index contributed by atoms with van der Waals surface area (Å²) in [5, 5.41) is 10.6. The number of hydrogen-bond donors (Lipinski definition) is 2. The number of H-pyrrole nitrogens is 1. The van der Waals surface area contributed by atoms with E-state index >= 15 is 0 Å². The molecule has 1 unspecified atom stereocenters. The number of thioether (sulfide) groups is 1. The number of carbonyl (C=O) groups is 1. The van der Waals surface area contributed by atoms with Crippen LogP contribution in [0.3, 0.4) is 0 Å². The highest BCUT2D eigenvalue weighted by atomic mass is 79.9. The van der Waals surface area contributed by atoms with Crippen molar-refractivity contribution in [3.05, 3.63) is 64.6 Å². The lowest BCUT2D eigenvalue weighted by molar-refractivity contribution is -0.119. The van der Waals surface area contributed by atoms with Crippen molar-refractivity contribution in [1.29, 1.82) is 0 Å². The Labute approximate surface area is 158 Å². The second-order valence-electron chi connectivity index (χ2n) is 5.43. The average molecular weight is 417 g/mol. The van der Waals surface area contributed by atoms with Crippen LogP contribution in [0.25, 0.3) is 11.4 Å². The number of nitrogens with one attached hydrogen (secondary N) is 2. The summed E-state index contributed by atoms with van der Waals surface area (Å²) in [5.41, 5.74) is 2.01. The topological polar surface area (TPSA) is 70.7 Å². The van der Waals surface area contributed by atoms with Crippen LogP contribution in [0.2, 0.25) is 0 Å². The molecule has 128 valence electrons. The number of aromatic amines is 1. The normalized spacial score (nSPS) is 11.9. The monoisotopic (exact) mass is 416 g/mol. The molecule has 0 saturated heterocycles. The molecular weight excluding hydrogens is 400 g/mol. The molecule has 7 heteroatoms. The zero-order valence-electron chi connectivity index (χ0n) is 13.6. The molecule has 0 spiro atoms. The Bertz CT molecular complexity index is 853. The number of nitrogens with zero attached hydrogens (tertiary/aromatic N) is 2. The lowest BCUT2D eigenvalue weighted by Crippen LogP contribution is -2.28. The van der Waals surface area contributed by atoms with Gasteiger partial charge in [0.1, 0.15) is 0 Å². The van der Waals surface area contributed by atoms with Gasteiger partial charge in [0, 0.05) is 10.0 Å². The zero-order valence-corrected chi connectivity index (χ0v) is 16.0. The van der Waals surface area contributed by atoms with Crippen molar-refractivity contribution in [2.45, 2.75) is 18.1 Å². The maximum Gasteiger partial charge on any atom is 0.230 e. The number of rotatable bonds is 6. The van der Waals surface area contributed by atoms with Crippen LogP contribution in [0, 0.1) is 0 Å². The van der Waals surface area contributed by atoms with Crippen molar-refractivity contribution in [3.63, 3.8) is 0 Å². The van der Waals surface area contributed by atoms with E-state index in [0.717, 1.165) is 15.6 Å². The Kier molecular flexibility index (Phi) is 5.88. The highest BCUT2D eigenvalue weighted by molar-refractivity contribution is 9.10. The third kappa shape index (κ3) is 4.70. The van der Waals surface area contributed by atoms with Crippen LogP contribution in [-0.4, -0.2) is 26.8 Å². The van der Waals surface area contributed by atoms with Gasteiger partial charge in [-0.2, -0.15) is 0 Å². The number of aromatic nitrogens is 3. The first-order valence-electron chi connectivity index (χ1n) is 7.78. The van der Waals surface area contributed by atoms with Crippen LogP contribution in [0.1, 0.15) is 18.5 Å². The van der Waals surface area contributed by atoms with Crippen molar-refractivity contribution in [1.82, 2.24) is 20.5 Å². The molecule has 2 aromatic carbocycles. The Morgan fingerprint density at radius 2 is 1.92 bits per heavy atom. The van der Waals surface area contributed by atoms with Gasteiger partial charge in [-0.25, -0.2) is 4.98 Å². The molecule has 2 N–H and O–H groups in total. The summed E-state index contributed by atoms with van der Waals surface area (Å²) in [4.78, 5) is 16.6. The lowest BCUT2D eigenvalue weighted by atomic mass is 10.1. The van der Waals surface area contributed by atoms with Gasteiger partial charge in [-0.1, -0.05) is 76.2 Å². The van der Waals surface area contributed by atoms with E-state index in [-0.39, 0.29) is 17.7 Å². The van der Waals surface area contributed by atoms with E-state index in [1.165, 1.54) is 11.8 Å². The summed E-state index contributed by atoms with van der Waals surface area (Å²) in [7, 11) is 0. The van der Waals surface area contributed by atoms with Gasteiger partial charge < -0.3 is 5.32 Å². The summed E-state index contributed by atoms with van der Waals surface area (Å²) in [6.07, 6.45) is 0. The fourth-order valence-electron chi connectivity index (χ4n) is 2.32. The van der Waals surface area contributed by atoms with Crippen LogP contribution < -0.4 is 5.32 Å². The second-order valence-corrected chi connectivity index (χ2v) is 7.23. The zero-order chi connectivity index (χ0) is 17.6. The van der Waals surface area contributed by atoms with Crippen LogP contribution in [0.15, 0.2) is 64.2 Å². The van der Waals surface area contributed by atoms with Crippen molar-refractivity contribution >= 4 is 33.6 Å². The third-order valence-electron chi connectivity index (χ3n) is 3.60. The van der Waals surface area contributed by atoms with Crippen LogP contribution >= 0.6 is 27.7 Å². The molecule has 1 atom stereocenters. The summed E-state index contributed by atoms with van der Waals surface area (Å²) in [6, 6.07) is 17.6. The van der Waals surface area contributed by atoms with Crippen molar-refractivity contribution < 1.29 is 4.79 Å². The van der Waals surface area contributed by atoms with Gasteiger partial charge >= 0.3 is 0 Å². The molecule has 0 aliphatic rings. The summed E-state index contributed by atoms with van der Waals surface area (Å²) >= 11 is 4.80. The molecule has 0 fully saturated rings. The van der Waals surface area contributed by atoms with Gasteiger partial charge in [-0.3, -0.25) is 9.89 Å². The fraction of sp³-hybridized carbons (Fsp3) is 0.167. The minimum Gasteiger partial charge on any atom is -0.349 e. The quantitative estimate of drug-likeness (QED) is 0.590. The van der Waals surface area contributed by atoms with E-state index in [2.05, 4.69) is 36.4 Å². The van der Waals surface area contributed by atoms with E-state index in [1.807, 2.05) is 61.5 Å². The first-order valence-corrected chi connectivity index (χ1v) is 9.56. The van der Waals surface area contributed by atoms with E-state index in [4.69, 9.17) is 0 Å². The number of benzene rings is 2. The van der Waals surface area contributed by atoms with Gasteiger partial charge in [0.25, 0.3) is 0 Å². The number of halogens is 1. The van der Waals surface area contributed by atoms with Crippen molar-refractivity contribution in [3.8, 4) is 11.4 Å². The van der Waals surface area contributed by atoms with E-state index < -0.39 is 0 Å². The van der Waals surface area contributed by atoms with Gasteiger partial charge in [0.15, 0.2) is 5.82 Å². The Morgan fingerprint density at radius 1 is 1.20 bits per heavy atom. The fourth-order valence-corrected chi connectivity index (χ4v) is 3.41. The highest BCUT2D eigenvalue weighted by Crippen LogP contribution is 2.26. The number of carbonyl (C=O) groups excluding carboxylic acids is 1. The molecule has 1 amide bonds. The second kappa shape index (κ2) is 8.31. The molecule has 0 aliphatic heterocycles. The maximum absolute atomic E-state index is 12.1. The minimum atomic E-state index is -0.0476. The van der Waals surface area contributed by atoms with Crippen molar-refractivity contribution in [2.24, 2.45) is 0 Å². The molecule has 1 aromatic heterocycles. The van der Waals surface area contributed by atoms with Crippen molar-refractivity contribution in [2.75, 3.05) is 5.75 Å². The predicted octanol–water partition coefficient (Wildman–Crippen LogP) is 4.20. The minimum absolute atomic E-state index is 0.0303. The highest BCUT2D eigenvalue weighted by Gasteiger charge is 2.13. The summed E-state index contributed by atoms with van der Waals surface area (Å²) in [6.45, 7) is 1.97. The van der Waals surface area contributed by atoms with Gasteiger partial charge in [0.05, 0.1) is 11.8 Å². The molecule has 0 aliphatic carbocycles. The van der Waals surface area contributed by atoms with Crippen LogP contribution in [0.5, 0.6) is 0 Å². The van der Waals surface area contributed by atoms with E-state index in [0.29, 0.717) is 11.0 Å². The van der Waals surface area contributed by atoms with Crippen LogP contribution in [0.4, 0.5) is 0 Å². The molecule has 3 rings (SSSR count). The lowest BCUT2D eigenvalue weighted by Gasteiger charge is -2.13. The van der Waals surface area contributed by atoms with E-state index in [9.17, 15) is 4.79 Å². The molecule has 25 heavy (non-hydrogen) atoms. The first kappa shape index (κ1) is 17.7. The number of hydrogen-bond acceptors (Lipinski definition) is 4.